The molecule has 0 spiro atoms. The molecule has 2 aromatic rings. The van der Waals surface area contributed by atoms with Crippen molar-refractivity contribution in [1.82, 2.24) is 10.1 Å². The number of urea groups is 1. The number of amides is 2. The zero-order valence-electron chi connectivity index (χ0n) is 13.1. The average Bonchev–Trinajstić information content (AvgIpc) is 2.99. The maximum Gasteiger partial charge on any atom is 0.323 e. The molecule has 7 heteroatoms. The average molecular weight is 333 g/mol. The van der Waals surface area contributed by atoms with Crippen LogP contribution in [0.15, 0.2) is 40.9 Å². The fourth-order valence-corrected chi connectivity index (χ4v) is 3.75. The Morgan fingerprint density at radius 2 is 2.09 bits per heavy atom. The smallest absolute Gasteiger partial charge is 0.323 e. The molecule has 122 valence electrons. The standard InChI is InChI=1S/C16H19N3O3S/c1-16(2)11-19(8-9-23(16)21)15(20)17-14-10-13(22-18-14)12-6-4-3-5-7-12/h3-7,10H,8-9,11H2,1-2H3,(H,17,18,20)/t23-/m1/s1. The van der Waals surface area contributed by atoms with Gasteiger partial charge in [0.05, 0.1) is 4.75 Å². The van der Waals surface area contributed by atoms with Crippen molar-refractivity contribution in [2.45, 2.75) is 18.6 Å². The molecule has 3 rings (SSSR count). The third-order valence-corrected chi connectivity index (χ3v) is 5.74. The summed E-state index contributed by atoms with van der Waals surface area (Å²) < 4.78 is 16.8. The number of aromatic nitrogens is 1. The molecule has 1 aliphatic heterocycles. The molecule has 1 aliphatic rings. The lowest BCUT2D eigenvalue weighted by Crippen LogP contribution is -2.53. The van der Waals surface area contributed by atoms with E-state index >= 15 is 0 Å². The maximum absolute atomic E-state index is 12.3. The molecule has 0 bridgehead atoms. The molecule has 1 aromatic heterocycles. The molecule has 1 N–H and O–H groups in total. The molecule has 2 amide bonds. The van der Waals surface area contributed by atoms with Crippen molar-refractivity contribution in [3.8, 4) is 11.3 Å². The van der Waals surface area contributed by atoms with Crippen LogP contribution in [-0.2, 0) is 10.8 Å². The van der Waals surface area contributed by atoms with Crippen molar-refractivity contribution in [2.24, 2.45) is 0 Å². The highest BCUT2D eigenvalue weighted by Crippen LogP contribution is 2.23. The highest BCUT2D eigenvalue weighted by Gasteiger charge is 2.35. The number of hydrogen-bond donors (Lipinski definition) is 1. The van der Waals surface area contributed by atoms with Crippen LogP contribution < -0.4 is 5.32 Å². The first-order valence-electron chi connectivity index (χ1n) is 7.42. The van der Waals surface area contributed by atoms with Crippen molar-refractivity contribution in [3.05, 3.63) is 36.4 Å². The van der Waals surface area contributed by atoms with E-state index in [4.69, 9.17) is 4.52 Å². The van der Waals surface area contributed by atoms with Crippen molar-refractivity contribution >= 4 is 22.6 Å². The van der Waals surface area contributed by atoms with E-state index in [0.29, 0.717) is 30.4 Å². The summed E-state index contributed by atoms with van der Waals surface area (Å²) in [6.07, 6.45) is 0. The number of nitrogens with zero attached hydrogens (tertiary/aromatic N) is 2. The first-order chi connectivity index (χ1) is 11.0. The molecule has 1 fully saturated rings. The van der Waals surface area contributed by atoms with Gasteiger partial charge in [0.15, 0.2) is 11.6 Å². The van der Waals surface area contributed by atoms with Gasteiger partial charge in [-0.25, -0.2) is 4.79 Å². The summed E-state index contributed by atoms with van der Waals surface area (Å²) in [5, 5.41) is 6.62. The van der Waals surface area contributed by atoms with Crippen LogP contribution >= 0.6 is 0 Å². The van der Waals surface area contributed by atoms with Gasteiger partial charge in [0.25, 0.3) is 0 Å². The van der Waals surface area contributed by atoms with Crippen LogP contribution in [0.25, 0.3) is 11.3 Å². The summed E-state index contributed by atoms with van der Waals surface area (Å²) in [7, 11) is -0.911. The zero-order chi connectivity index (χ0) is 16.4. The number of carbonyl (C=O) groups is 1. The molecule has 1 aromatic carbocycles. The van der Waals surface area contributed by atoms with E-state index in [1.165, 1.54) is 0 Å². The highest BCUT2D eigenvalue weighted by atomic mass is 32.2. The van der Waals surface area contributed by atoms with E-state index in [1.807, 2.05) is 44.2 Å². The Bertz CT molecular complexity index is 727. The number of anilines is 1. The summed E-state index contributed by atoms with van der Waals surface area (Å²) in [6.45, 7) is 4.75. The molecular weight excluding hydrogens is 314 g/mol. The van der Waals surface area contributed by atoms with Gasteiger partial charge >= 0.3 is 6.03 Å². The Kier molecular flexibility index (Phi) is 4.21. The van der Waals surface area contributed by atoms with Gasteiger partial charge in [-0.2, -0.15) is 0 Å². The molecule has 0 aliphatic carbocycles. The van der Waals surface area contributed by atoms with E-state index in [-0.39, 0.29) is 6.03 Å². The molecule has 0 saturated carbocycles. The van der Waals surface area contributed by atoms with Gasteiger partial charge in [-0.15, -0.1) is 0 Å². The Labute approximate surface area is 137 Å². The minimum absolute atomic E-state index is 0.248. The SMILES string of the molecule is CC1(C)CN(C(=O)Nc2cc(-c3ccccc3)on2)CC[S@]1=O. The van der Waals surface area contributed by atoms with E-state index in [0.717, 1.165) is 5.56 Å². The fourth-order valence-electron chi connectivity index (χ4n) is 2.51. The lowest BCUT2D eigenvalue weighted by atomic mass is 10.2. The van der Waals surface area contributed by atoms with Crippen LogP contribution in [0.2, 0.25) is 0 Å². The monoisotopic (exact) mass is 333 g/mol. The van der Waals surface area contributed by atoms with Gasteiger partial charge < -0.3 is 9.42 Å². The summed E-state index contributed by atoms with van der Waals surface area (Å²) in [6, 6.07) is 11.0. The summed E-state index contributed by atoms with van der Waals surface area (Å²) in [5.74, 6) is 1.47. The molecule has 1 atom stereocenters. The summed E-state index contributed by atoms with van der Waals surface area (Å²) >= 11 is 0. The molecule has 0 unspecified atom stereocenters. The van der Waals surface area contributed by atoms with E-state index in [9.17, 15) is 9.00 Å². The second-order valence-electron chi connectivity index (χ2n) is 6.10. The number of rotatable bonds is 2. The first-order valence-corrected chi connectivity index (χ1v) is 8.74. The van der Waals surface area contributed by atoms with Gasteiger partial charge in [-0.1, -0.05) is 35.5 Å². The number of nitrogens with one attached hydrogen (secondary N) is 1. The van der Waals surface area contributed by atoms with Gasteiger partial charge in [-0.05, 0) is 13.8 Å². The normalized spacial score (nSPS) is 20.3. The van der Waals surface area contributed by atoms with Gasteiger partial charge in [0, 0.05) is 41.3 Å². The molecule has 23 heavy (non-hydrogen) atoms. The van der Waals surface area contributed by atoms with Gasteiger partial charge in [0.2, 0.25) is 0 Å². The van der Waals surface area contributed by atoms with Crippen LogP contribution in [0.1, 0.15) is 13.8 Å². The predicted octanol–water partition coefficient (Wildman–Crippen LogP) is 2.72. The Morgan fingerprint density at radius 1 is 1.35 bits per heavy atom. The van der Waals surface area contributed by atoms with Crippen LogP contribution in [0.3, 0.4) is 0 Å². The lowest BCUT2D eigenvalue weighted by molar-refractivity contribution is 0.207. The Hall–Kier alpha value is -2.15. The van der Waals surface area contributed by atoms with Crippen molar-refractivity contribution in [3.63, 3.8) is 0 Å². The lowest BCUT2D eigenvalue weighted by Gasteiger charge is -2.36. The van der Waals surface area contributed by atoms with Crippen molar-refractivity contribution < 1.29 is 13.5 Å². The van der Waals surface area contributed by atoms with Gasteiger partial charge in [0.1, 0.15) is 0 Å². The second kappa shape index (κ2) is 6.16. The first kappa shape index (κ1) is 15.7. The number of hydrogen-bond acceptors (Lipinski definition) is 4. The van der Waals surface area contributed by atoms with E-state index in [1.54, 1.807) is 11.0 Å². The molecule has 6 nitrogen and oxygen atoms in total. The predicted molar refractivity (Wildman–Crippen MR) is 89.6 cm³/mol. The minimum Gasteiger partial charge on any atom is -0.354 e. The van der Waals surface area contributed by atoms with E-state index < -0.39 is 15.5 Å². The number of carbonyl (C=O) groups excluding carboxylic acids is 1. The van der Waals surface area contributed by atoms with Crippen molar-refractivity contribution in [2.75, 3.05) is 24.2 Å². The van der Waals surface area contributed by atoms with Crippen LogP contribution in [0.4, 0.5) is 10.6 Å². The topological polar surface area (TPSA) is 75.4 Å². The Balaban J connectivity index is 1.67. The zero-order valence-corrected chi connectivity index (χ0v) is 13.9. The largest absolute Gasteiger partial charge is 0.354 e. The fraction of sp³-hybridized carbons (Fsp3) is 0.375. The Morgan fingerprint density at radius 3 is 2.78 bits per heavy atom. The third kappa shape index (κ3) is 3.44. The summed E-state index contributed by atoms with van der Waals surface area (Å²) in [5.41, 5.74) is 0.898. The molecule has 0 radical (unpaired) electrons. The number of benzene rings is 1. The third-order valence-electron chi connectivity index (χ3n) is 3.83. The van der Waals surface area contributed by atoms with E-state index in [2.05, 4.69) is 10.5 Å². The van der Waals surface area contributed by atoms with Crippen molar-refractivity contribution in [1.29, 1.82) is 0 Å². The molecule has 1 saturated heterocycles. The van der Waals surface area contributed by atoms with Crippen LogP contribution in [0, 0.1) is 0 Å². The second-order valence-corrected chi connectivity index (χ2v) is 8.31. The maximum atomic E-state index is 12.3. The minimum atomic E-state index is -0.911. The molecule has 2 heterocycles. The van der Waals surface area contributed by atoms with Crippen LogP contribution in [0.5, 0.6) is 0 Å². The van der Waals surface area contributed by atoms with Gasteiger partial charge in [-0.3, -0.25) is 9.53 Å². The molecular formula is C16H19N3O3S. The summed E-state index contributed by atoms with van der Waals surface area (Å²) in [4.78, 5) is 14.0. The van der Waals surface area contributed by atoms with Crippen LogP contribution in [-0.4, -0.2) is 43.9 Å². The highest BCUT2D eigenvalue weighted by molar-refractivity contribution is 7.86. The quantitative estimate of drug-likeness (QED) is 0.917.